The Hall–Kier alpha value is -1.79. The number of rotatable bonds is 3. The van der Waals surface area contributed by atoms with Crippen LogP contribution in [0.5, 0.6) is 0 Å². The molecule has 168 valence electrons. The zero-order chi connectivity index (χ0) is 22.2. The molecule has 0 amide bonds. The second kappa shape index (κ2) is 6.85. The van der Waals surface area contributed by atoms with E-state index in [0.29, 0.717) is 24.8 Å². The molecule has 31 heavy (non-hydrogen) atoms. The third-order valence-corrected chi connectivity index (χ3v) is 9.84. The Morgan fingerprint density at radius 1 is 1.32 bits per heavy atom. The van der Waals surface area contributed by atoms with E-state index in [2.05, 4.69) is 19.2 Å². The van der Waals surface area contributed by atoms with Gasteiger partial charge in [-0.2, -0.15) is 0 Å². The molecule has 1 heterocycles. The highest BCUT2D eigenvalue weighted by molar-refractivity contribution is 6.01. The Balaban J connectivity index is 1.53. The van der Waals surface area contributed by atoms with E-state index in [9.17, 15) is 19.5 Å². The first-order valence-electron chi connectivity index (χ1n) is 11.6. The summed E-state index contributed by atoms with van der Waals surface area (Å²) in [6.07, 6.45) is 8.23. The molecule has 5 rings (SSSR count). The first-order valence-corrected chi connectivity index (χ1v) is 11.6. The molecule has 0 radical (unpaired) electrons. The quantitative estimate of drug-likeness (QED) is 0.671. The number of ether oxygens (including phenoxy) is 1. The third kappa shape index (κ3) is 2.67. The summed E-state index contributed by atoms with van der Waals surface area (Å²) in [6.45, 7) is 6.90. The van der Waals surface area contributed by atoms with Crippen molar-refractivity contribution in [1.29, 1.82) is 0 Å². The summed E-state index contributed by atoms with van der Waals surface area (Å²) in [5.41, 5.74) is -0.105. The molecular formula is C25H33NO5. The van der Waals surface area contributed by atoms with Gasteiger partial charge in [0.1, 0.15) is 0 Å². The zero-order valence-electron chi connectivity index (χ0n) is 18.6. The fourth-order valence-corrected chi connectivity index (χ4v) is 8.58. The number of fused-ring (bicyclic) bond motifs is 7. The van der Waals surface area contributed by atoms with Crippen molar-refractivity contribution in [3.05, 3.63) is 23.8 Å². The summed E-state index contributed by atoms with van der Waals surface area (Å²) in [7, 11) is 0. The van der Waals surface area contributed by atoms with Crippen LogP contribution in [0, 0.1) is 39.9 Å². The number of allylic oxidation sites excluding steroid dienone is 4. The average Bonchev–Trinajstić information content (AvgIpc) is 3.23. The standard InChI is InChI=1S/C25H33NO5/c1-14(27)31-12-21(30)25-13-26-11-16(25)9-19-18-5-4-15-8-17(28)6-7-23(15,2)22(18)20(29)10-24(19,25)3/h6-8,16,18-20,22,26,29H,4-5,9-13H2,1-3H3/t16-,18-,19-,20-,22+,23-,24-,25+/m0/s1. The Morgan fingerprint density at radius 3 is 2.84 bits per heavy atom. The highest BCUT2D eigenvalue weighted by atomic mass is 16.5. The number of esters is 1. The number of carbonyl (C=O) groups is 3. The summed E-state index contributed by atoms with van der Waals surface area (Å²) in [5, 5.41) is 15.0. The van der Waals surface area contributed by atoms with Crippen LogP contribution in [0.4, 0.5) is 0 Å². The van der Waals surface area contributed by atoms with Gasteiger partial charge in [-0.25, -0.2) is 0 Å². The van der Waals surface area contributed by atoms with Crippen molar-refractivity contribution in [1.82, 2.24) is 5.32 Å². The largest absolute Gasteiger partial charge is 0.458 e. The monoisotopic (exact) mass is 427 g/mol. The number of ketones is 2. The molecule has 2 N–H and O–H groups in total. The lowest BCUT2D eigenvalue weighted by Crippen LogP contribution is -2.60. The maximum Gasteiger partial charge on any atom is 0.303 e. The summed E-state index contributed by atoms with van der Waals surface area (Å²) >= 11 is 0. The van der Waals surface area contributed by atoms with E-state index in [1.807, 2.05) is 6.08 Å². The van der Waals surface area contributed by atoms with Gasteiger partial charge in [-0.05, 0) is 67.5 Å². The fraction of sp³-hybridized carbons (Fsp3) is 0.720. The molecule has 6 heteroatoms. The third-order valence-electron chi connectivity index (χ3n) is 9.84. The van der Waals surface area contributed by atoms with Gasteiger partial charge in [0.05, 0.1) is 11.5 Å². The van der Waals surface area contributed by atoms with Gasteiger partial charge in [0.25, 0.3) is 0 Å². The lowest BCUT2D eigenvalue weighted by atomic mass is 9.44. The molecule has 5 aliphatic rings. The molecule has 0 aromatic heterocycles. The number of aliphatic hydroxyl groups is 1. The van der Waals surface area contributed by atoms with Crippen LogP contribution in [0.15, 0.2) is 23.8 Å². The van der Waals surface area contributed by atoms with Crippen molar-refractivity contribution < 1.29 is 24.2 Å². The van der Waals surface area contributed by atoms with Gasteiger partial charge in [-0.1, -0.05) is 25.5 Å². The second-order valence-corrected chi connectivity index (χ2v) is 11.0. The predicted octanol–water partition coefficient (Wildman–Crippen LogP) is 2.21. The van der Waals surface area contributed by atoms with Crippen molar-refractivity contribution in [2.45, 2.75) is 52.6 Å². The summed E-state index contributed by atoms with van der Waals surface area (Å²) in [6, 6.07) is 0. The van der Waals surface area contributed by atoms with Crippen molar-refractivity contribution in [3.63, 3.8) is 0 Å². The molecule has 0 bridgehead atoms. The van der Waals surface area contributed by atoms with Crippen molar-refractivity contribution in [2.24, 2.45) is 39.9 Å². The Morgan fingerprint density at radius 2 is 2.10 bits per heavy atom. The normalized spacial score (nSPS) is 47.7. The van der Waals surface area contributed by atoms with E-state index in [-0.39, 0.29) is 40.8 Å². The van der Waals surface area contributed by atoms with Crippen molar-refractivity contribution >= 4 is 17.5 Å². The molecule has 1 saturated heterocycles. The Labute approximate surface area is 183 Å². The lowest BCUT2D eigenvalue weighted by Gasteiger charge is -2.60. The van der Waals surface area contributed by atoms with Crippen molar-refractivity contribution in [2.75, 3.05) is 19.7 Å². The number of carbonyl (C=O) groups excluding carboxylic acids is 3. The topological polar surface area (TPSA) is 92.7 Å². The van der Waals surface area contributed by atoms with E-state index in [4.69, 9.17) is 4.74 Å². The molecule has 0 spiro atoms. The summed E-state index contributed by atoms with van der Waals surface area (Å²) < 4.78 is 5.15. The molecule has 1 aliphatic heterocycles. The molecule has 0 aromatic rings. The van der Waals surface area contributed by atoms with E-state index in [1.165, 1.54) is 6.92 Å². The minimum Gasteiger partial charge on any atom is -0.458 e. The molecule has 4 aliphatic carbocycles. The SMILES string of the molecule is CC(=O)OCC(=O)[C@@]12CNC[C@@H]1C[C@H]1[C@@H]3CCC4=CC(=O)C=C[C@]4(C)[C@H]3[C@@H](O)C[C@@]12C. The minimum atomic E-state index is -0.603. The Kier molecular flexibility index (Phi) is 4.66. The van der Waals surface area contributed by atoms with Crippen LogP contribution in [-0.2, 0) is 19.1 Å². The highest BCUT2D eigenvalue weighted by Crippen LogP contribution is 2.71. The van der Waals surface area contributed by atoms with Gasteiger partial charge in [-0.3, -0.25) is 14.4 Å². The zero-order valence-corrected chi connectivity index (χ0v) is 18.6. The molecule has 4 fully saturated rings. The molecule has 8 atom stereocenters. The van der Waals surface area contributed by atoms with Crippen LogP contribution < -0.4 is 5.32 Å². The fourth-order valence-electron chi connectivity index (χ4n) is 8.58. The van der Waals surface area contributed by atoms with Crippen LogP contribution in [0.25, 0.3) is 0 Å². The van der Waals surface area contributed by atoms with E-state index >= 15 is 0 Å². The smallest absolute Gasteiger partial charge is 0.303 e. The maximum absolute atomic E-state index is 13.6. The molecule has 6 nitrogen and oxygen atoms in total. The molecule has 3 saturated carbocycles. The Bertz CT molecular complexity index is 908. The van der Waals surface area contributed by atoms with Gasteiger partial charge in [-0.15, -0.1) is 0 Å². The van der Waals surface area contributed by atoms with Gasteiger partial charge >= 0.3 is 5.97 Å². The van der Waals surface area contributed by atoms with Gasteiger partial charge < -0.3 is 15.2 Å². The van der Waals surface area contributed by atoms with Crippen molar-refractivity contribution in [3.8, 4) is 0 Å². The first kappa shape index (κ1) is 21.1. The predicted molar refractivity (Wildman–Crippen MR) is 114 cm³/mol. The summed E-state index contributed by atoms with van der Waals surface area (Å²) in [5.74, 6) is 0.494. The second-order valence-electron chi connectivity index (χ2n) is 11.0. The number of Topliss-reactive ketones (excluding diaryl/α,β-unsaturated/α-hetero) is 1. The van der Waals surface area contributed by atoms with E-state index in [1.54, 1.807) is 12.2 Å². The average molecular weight is 428 g/mol. The van der Waals surface area contributed by atoms with Crippen LogP contribution in [0.1, 0.15) is 46.5 Å². The molecular weight excluding hydrogens is 394 g/mol. The van der Waals surface area contributed by atoms with E-state index in [0.717, 1.165) is 31.4 Å². The van der Waals surface area contributed by atoms with Crippen LogP contribution in [-0.4, -0.2) is 48.4 Å². The number of hydrogen-bond acceptors (Lipinski definition) is 6. The van der Waals surface area contributed by atoms with Crippen LogP contribution in [0.2, 0.25) is 0 Å². The van der Waals surface area contributed by atoms with Gasteiger partial charge in [0, 0.05) is 24.8 Å². The minimum absolute atomic E-state index is 0.000819. The molecule has 0 aromatic carbocycles. The summed E-state index contributed by atoms with van der Waals surface area (Å²) in [4.78, 5) is 36.9. The van der Waals surface area contributed by atoms with E-state index < -0.39 is 17.5 Å². The first-order chi connectivity index (χ1) is 14.6. The lowest BCUT2D eigenvalue weighted by molar-refractivity contribution is -0.163. The maximum atomic E-state index is 13.6. The number of aliphatic hydroxyl groups excluding tert-OH is 1. The number of hydrogen-bond donors (Lipinski definition) is 2. The van der Waals surface area contributed by atoms with Crippen LogP contribution in [0.3, 0.4) is 0 Å². The number of nitrogens with one attached hydrogen (secondary N) is 1. The van der Waals surface area contributed by atoms with Crippen LogP contribution >= 0.6 is 0 Å². The van der Waals surface area contributed by atoms with Gasteiger partial charge in [0.2, 0.25) is 0 Å². The highest BCUT2D eigenvalue weighted by Gasteiger charge is 2.72. The van der Waals surface area contributed by atoms with Gasteiger partial charge in [0.15, 0.2) is 18.2 Å². The molecule has 0 unspecified atom stereocenters.